The lowest BCUT2D eigenvalue weighted by molar-refractivity contribution is 0.0892. The van der Waals surface area contributed by atoms with Crippen LogP contribution in [-0.2, 0) is 19.4 Å². The fourth-order valence-electron chi connectivity index (χ4n) is 5.92. The maximum absolute atomic E-state index is 13.3. The van der Waals surface area contributed by atoms with Gasteiger partial charge in [-0.15, -0.1) is 5.10 Å². The quantitative estimate of drug-likeness (QED) is 0.199. The van der Waals surface area contributed by atoms with Crippen molar-refractivity contribution >= 4 is 23.2 Å². The second kappa shape index (κ2) is 13.9. The molecule has 0 aliphatic carbocycles. The van der Waals surface area contributed by atoms with Gasteiger partial charge in [-0.25, -0.2) is 4.68 Å². The number of nitrogens with one attached hydrogen (secondary N) is 1. The molecule has 8 nitrogen and oxygen atoms in total. The van der Waals surface area contributed by atoms with Crippen LogP contribution in [0.15, 0.2) is 108 Å². The first-order chi connectivity index (χ1) is 21.5. The van der Waals surface area contributed by atoms with Gasteiger partial charge in [0.15, 0.2) is 5.76 Å². The van der Waals surface area contributed by atoms with Crippen molar-refractivity contribution in [2.45, 2.75) is 38.4 Å². The second-order valence-corrected chi connectivity index (χ2v) is 11.8. The Kier molecular flexibility index (Phi) is 9.39. The zero-order chi connectivity index (χ0) is 30.3. The monoisotopic (exact) mass is 608 g/mol. The molecule has 0 radical (unpaired) electrons. The maximum Gasteiger partial charge on any atom is 0.287 e. The zero-order valence-electron chi connectivity index (χ0n) is 24.8. The molecule has 1 amide bonds. The van der Waals surface area contributed by atoms with Crippen molar-refractivity contribution < 1.29 is 9.21 Å². The number of hydrogen-bond acceptors (Lipinski definition) is 6. The predicted molar refractivity (Wildman–Crippen MR) is 173 cm³/mol. The molecule has 1 fully saturated rings. The lowest BCUT2D eigenvalue weighted by Crippen LogP contribution is -2.46. The van der Waals surface area contributed by atoms with Crippen LogP contribution in [0.3, 0.4) is 0 Å². The molecule has 3 heterocycles. The van der Waals surface area contributed by atoms with Crippen molar-refractivity contribution in [3.8, 4) is 0 Å². The van der Waals surface area contributed by atoms with Crippen molar-refractivity contribution in [1.82, 2.24) is 25.2 Å². The average Bonchev–Trinajstić information content (AvgIpc) is 3.76. The summed E-state index contributed by atoms with van der Waals surface area (Å²) in [6.45, 7) is 6.52. The molecule has 0 saturated carbocycles. The topological polar surface area (TPSA) is 79.4 Å². The first-order valence-corrected chi connectivity index (χ1v) is 15.5. The summed E-state index contributed by atoms with van der Waals surface area (Å²) in [4.78, 5) is 18.1. The molecule has 2 aromatic heterocycles. The highest BCUT2D eigenvalue weighted by Crippen LogP contribution is 2.26. The van der Waals surface area contributed by atoms with E-state index in [1.807, 2.05) is 53.3 Å². The number of carbonyl (C=O) groups excluding carboxylic acids is 1. The molecular formula is C35H37ClN6O2. The van der Waals surface area contributed by atoms with Gasteiger partial charge in [0.25, 0.3) is 5.91 Å². The van der Waals surface area contributed by atoms with Gasteiger partial charge in [-0.05, 0) is 60.7 Å². The summed E-state index contributed by atoms with van der Waals surface area (Å²) in [7, 11) is 0. The third kappa shape index (κ3) is 7.38. The highest BCUT2D eigenvalue weighted by atomic mass is 35.5. The number of carbonyl (C=O) groups is 1. The summed E-state index contributed by atoms with van der Waals surface area (Å²) < 4.78 is 7.36. The third-order valence-corrected chi connectivity index (χ3v) is 8.51. The Morgan fingerprint density at radius 3 is 2.30 bits per heavy atom. The number of aryl methyl sites for hydroxylation is 1. The summed E-state index contributed by atoms with van der Waals surface area (Å²) in [6, 6.07) is 29.6. The van der Waals surface area contributed by atoms with Crippen molar-refractivity contribution in [3.63, 3.8) is 0 Å². The number of nitrogens with zero attached hydrogens (tertiary/aromatic N) is 5. The van der Waals surface area contributed by atoms with Gasteiger partial charge in [0.1, 0.15) is 0 Å². The van der Waals surface area contributed by atoms with E-state index in [0.29, 0.717) is 19.4 Å². The lowest BCUT2D eigenvalue weighted by atomic mass is 9.94. The SMILES string of the molecule is Cc1ccc(Cl)cc1N1CCN(Cc2cn([C@@H](Cc3ccccc3)[C@H](Cc3ccccc3)NC(=O)c3ccco3)nn2)CC1. The normalized spacial score (nSPS) is 15.2. The van der Waals surface area contributed by atoms with Crippen LogP contribution in [0.1, 0.15) is 39.0 Å². The van der Waals surface area contributed by atoms with Gasteiger partial charge in [-0.2, -0.15) is 0 Å². The Morgan fingerprint density at radius 2 is 1.61 bits per heavy atom. The van der Waals surface area contributed by atoms with E-state index in [1.165, 1.54) is 17.5 Å². The molecule has 1 saturated heterocycles. The number of hydrogen-bond donors (Lipinski definition) is 1. The summed E-state index contributed by atoms with van der Waals surface area (Å²) in [5, 5.41) is 13.3. The predicted octanol–water partition coefficient (Wildman–Crippen LogP) is 5.98. The standard InChI is InChI=1S/C35H37ClN6O2/c1-26-14-15-29(36)23-32(26)41-18-16-40(17-19-41)24-30-25-42(39-38-30)33(22-28-11-6-3-7-12-28)31(21-27-9-4-2-5-10-27)37-35(43)34-13-8-20-44-34/h2-15,20,23,25,31,33H,16-19,21-22,24H2,1H3,(H,37,43)/t31-,33-/m0/s1. The molecular weight excluding hydrogens is 572 g/mol. The summed E-state index contributed by atoms with van der Waals surface area (Å²) >= 11 is 6.29. The number of benzene rings is 3. The minimum atomic E-state index is -0.269. The summed E-state index contributed by atoms with van der Waals surface area (Å²) in [6.07, 6.45) is 4.86. The van der Waals surface area contributed by atoms with Crippen molar-refractivity contribution in [3.05, 3.63) is 137 Å². The number of anilines is 1. The second-order valence-electron chi connectivity index (χ2n) is 11.4. The molecule has 6 rings (SSSR count). The van der Waals surface area contributed by atoms with Crippen LogP contribution in [0.2, 0.25) is 5.02 Å². The van der Waals surface area contributed by atoms with Gasteiger partial charge < -0.3 is 14.6 Å². The molecule has 1 aliphatic heterocycles. The molecule has 9 heteroatoms. The van der Waals surface area contributed by atoms with Crippen molar-refractivity contribution in [2.75, 3.05) is 31.1 Å². The molecule has 0 unspecified atom stereocenters. The third-order valence-electron chi connectivity index (χ3n) is 8.28. The van der Waals surface area contributed by atoms with Crippen LogP contribution in [-0.4, -0.2) is 58.0 Å². The Labute approximate surface area is 263 Å². The number of halogens is 1. The smallest absolute Gasteiger partial charge is 0.287 e. The molecule has 5 aromatic rings. The van der Waals surface area contributed by atoms with Gasteiger partial charge in [0, 0.05) is 43.4 Å². The number of aromatic nitrogens is 3. The highest BCUT2D eigenvalue weighted by molar-refractivity contribution is 6.30. The minimum Gasteiger partial charge on any atom is -0.459 e. The van der Waals surface area contributed by atoms with Crippen LogP contribution >= 0.6 is 11.6 Å². The number of rotatable bonds is 11. The first kappa shape index (κ1) is 29.7. The van der Waals surface area contributed by atoms with Gasteiger partial charge in [-0.3, -0.25) is 9.69 Å². The molecule has 1 N–H and O–H groups in total. The molecule has 44 heavy (non-hydrogen) atoms. The number of amides is 1. The van der Waals surface area contributed by atoms with E-state index in [4.69, 9.17) is 16.0 Å². The summed E-state index contributed by atoms with van der Waals surface area (Å²) in [5.41, 5.74) is 5.63. The number of piperazine rings is 1. The molecule has 226 valence electrons. The molecule has 3 aromatic carbocycles. The Bertz CT molecular complexity index is 1630. The lowest BCUT2D eigenvalue weighted by Gasteiger charge is -2.36. The van der Waals surface area contributed by atoms with Crippen LogP contribution in [0.25, 0.3) is 0 Å². The fraction of sp³-hybridized carbons (Fsp3) is 0.286. The summed E-state index contributed by atoms with van der Waals surface area (Å²) in [5.74, 6) is 0.0371. The van der Waals surface area contributed by atoms with Crippen LogP contribution in [0.5, 0.6) is 0 Å². The van der Waals surface area contributed by atoms with Crippen molar-refractivity contribution in [1.29, 1.82) is 0 Å². The van der Waals surface area contributed by atoms with Gasteiger partial charge in [0.2, 0.25) is 0 Å². The van der Waals surface area contributed by atoms with E-state index in [1.54, 1.807) is 12.1 Å². The van der Waals surface area contributed by atoms with E-state index in [0.717, 1.165) is 48.0 Å². The van der Waals surface area contributed by atoms with E-state index in [2.05, 4.69) is 68.8 Å². The van der Waals surface area contributed by atoms with Gasteiger partial charge in [-0.1, -0.05) is 83.5 Å². The molecule has 0 bridgehead atoms. The minimum absolute atomic E-state index is 0.180. The van der Waals surface area contributed by atoms with Gasteiger partial charge >= 0.3 is 0 Å². The van der Waals surface area contributed by atoms with Crippen molar-refractivity contribution in [2.24, 2.45) is 0 Å². The Hall–Kier alpha value is -4.40. The van der Waals surface area contributed by atoms with Crippen LogP contribution in [0.4, 0.5) is 5.69 Å². The van der Waals surface area contributed by atoms with E-state index < -0.39 is 0 Å². The molecule has 0 spiro atoms. The maximum atomic E-state index is 13.3. The average molecular weight is 609 g/mol. The Balaban J connectivity index is 1.21. The van der Waals surface area contributed by atoms with E-state index in [-0.39, 0.29) is 23.8 Å². The number of furan rings is 1. The molecule has 2 atom stereocenters. The first-order valence-electron chi connectivity index (χ1n) is 15.1. The molecule has 1 aliphatic rings. The van der Waals surface area contributed by atoms with E-state index >= 15 is 0 Å². The largest absolute Gasteiger partial charge is 0.459 e. The Morgan fingerprint density at radius 1 is 0.909 bits per heavy atom. The van der Waals surface area contributed by atoms with Crippen LogP contribution < -0.4 is 10.2 Å². The van der Waals surface area contributed by atoms with E-state index in [9.17, 15) is 4.79 Å². The van der Waals surface area contributed by atoms with Crippen LogP contribution in [0, 0.1) is 6.92 Å². The van der Waals surface area contributed by atoms with Gasteiger partial charge in [0.05, 0.1) is 30.2 Å². The zero-order valence-corrected chi connectivity index (χ0v) is 25.6. The fourth-order valence-corrected chi connectivity index (χ4v) is 6.09. The highest BCUT2D eigenvalue weighted by Gasteiger charge is 2.29.